The molecule has 0 spiro atoms. The van der Waals surface area contributed by atoms with Crippen LogP contribution in [0.25, 0.3) is 0 Å². The minimum Gasteiger partial charge on any atom is -0.395 e. The number of rotatable bonds is 2. The molecule has 0 radical (unpaired) electrons. The van der Waals surface area contributed by atoms with Crippen molar-refractivity contribution in [3.8, 4) is 0 Å². The van der Waals surface area contributed by atoms with Crippen LogP contribution in [-0.4, -0.2) is 33.2 Å². The van der Waals surface area contributed by atoms with Gasteiger partial charge in [0.1, 0.15) is 0 Å². The van der Waals surface area contributed by atoms with Crippen LogP contribution in [0.1, 0.15) is 27.7 Å². The normalized spacial score (nSPS) is 7.12. The summed E-state index contributed by atoms with van der Waals surface area (Å²) >= 11 is 0. The second kappa shape index (κ2) is 19.2. The molecule has 0 aliphatic heterocycles. The first-order chi connectivity index (χ1) is 7.66. The van der Waals surface area contributed by atoms with Crippen LogP contribution in [-0.2, 0) is 6.54 Å². The summed E-state index contributed by atoms with van der Waals surface area (Å²) in [6.45, 7) is 8.82. The summed E-state index contributed by atoms with van der Waals surface area (Å²) in [5, 5.41) is 17.2. The van der Waals surface area contributed by atoms with Crippen LogP contribution < -0.4 is 0 Å². The molecule has 96 valence electrons. The second-order valence-corrected chi connectivity index (χ2v) is 1.96. The number of aromatic nitrogens is 2. The van der Waals surface area contributed by atoms with Crippen molar-refractivity contribution in [1.82, 2.24) is 9.55 Å². The molecule has 0 amide bonds. The molecule has 6 heteroatoms. The van der Waals surface area contributed by atoms with Crippen molar-refractivity contribution < 1.29 is 10.0 Å². The van der Waals surface area contributed by atoms with Crippen LogP contribution in [0.2, 0.25) is 0 Å². The van der Waals surface area contributed by atoms with Crippen molar-refractivity contribution in [3.05, 3.63) is 28.8 Å². The highest BCUT2D eigenvalue weighted by atomic mass is 16.6. The Bertz CT molecular complexity index is 209. The molecule has 0 aromatic carbocycles. The van der Waals surface area contributed by atoms with Crippen molar-refractivity contribution in [2.45, 2.75) is 34.2 Å². The maximum absolute atomic E-state index is 8.81. The van der Waals surface area contributed by atoms with Gasteiger partial charge in [0.15, 0.2) is 7.05 Å². The summed E-state index contributed by atoms with van der Waals surface area (Å²) in [7, 11) is 0.889. The van der Waals surface area contributed by atoms with Crippen LogP contribution in [0.4, 0.5) is 0 Å². The Morgan fingerprint density at radius 3 is 2.06 bits per heavy atom. The van der Waals surface area contributed by atoms with Gasteiger partial charge in [0.05, 0.1) is 12.9 Å². The van der Waals surface area contributed by atoms with Gasteiger partial charge < -0.3 is 9.67 Å². The summed E-state index contributed by atoms with van der Waals surface area (Å²) in [4.78, 5) is 12.1. The first-order valence-corrected chi connectivity index (χ1v) is 5.31. The highest BCUT2D eigenvalue weighted by molar-refractivity contribution is 4.73. The Hall–Kier alpha value is -1.43. The molecule has 6 nitrogen and oxygen atoms in total. The Labute approximate surface area is 97.1 Å². The molecule has 0 saturated carbocycles. The average Bonchev–Trinajstić information content (AvgIpc) is 2.76. The van der Waals surface area contributed by atoms with Gasteiger partial charge in [0.25, 0.3) is 0 Å². The van der Waals surface area contributed by atoms with E-state index >= 15 is 0 Å². The van der Waals surface area contributed by atoms with Crippen molar-refractivity contribution in [2.24, 2.45) is 0 Å². The smallest absolute Gasteiger partial charge is 0.194 e. The molecule has 0 saturated heterocycles. The fourth-order valence-electron chi connectivity index (χ4n) is 0.534. The van der Waals surface area contributed by atoms with E-state index in [2.05, 4.69) is 4.98 Å². The third kappa shape index (κ3) is 22.9. The average molecular weight is 233 g/mol. The Morgan fingerprint density at radius 2 is 1.81 bits per heavy atom. The number of hydrogen-bond acceptors (Lipinski definition) is 4. The Balaban J connectivity index is -0.000000181. The van der Waals surface area contributed by atoms with E-state index in [1.165, 1.54) is 0 Å². The number of hydrogen-bond donors (Lipinski definition) is 1. The maximum Gasteiger partial charge on any atom is 0.194 e. The van der Waals surface area contributed by atoms with Gasteiger partial charge >= 0.3 is 0 Å². The van der Waals surface area contributed by atoms with Crippen molar-refractivity contribution in [2.75, 3.05) is 13.7 Å². The van der Waals surface area contributed by atoms with Gasteiger partial charge in [-0.15, -0.1) is 0 Å². The van der Waals surface area contributed by atoms with Gasteiger partial charge in [-0.25, -0.2) is 4.98 Å². The molecule has 1 N–H and O–H groups in total. The standard InChI is InChI=1S/C5H8N2O.2C2H6.CH3NO2/c8-4-3-7-2-1-6-5-7;2*1-2;1-2(3)4/h1-2,5,8H,3-4H2;2*1-2H3;1H3. The quantitative estimate of drug-likeness (QED) is 0.624. The number of aliphatic hydroxyl groups is 1. The van der Waals surface area contributed by atoms with E-state index in [0.29, 0.717) is 6.54 Å². The lowest BCUT2D eigenvalue weighted by molar-refractivity contribution is -0.445. The monoisotopic (exact) mass is 233 g/mol. The van der Waals surface area contributed by atoms with E-state index in [1.807, 2.05) is 38.5 Å². The van der Waals surface area contributed by atoms with Gasteiger partial charge in [-0.1, -0.05) is 27.7 Å². The van der Waals surface area contributed by atoms with E-state index in [1.54, 1.807) is 12.5 Å². The third-order valence-electron chi connectivity index (χ3n) is 0.917. The number of nitro groups is 1. The fourth-order valence-corrected chi connectivity index (χ4v) is 0.534. The molecular weight excluding hydrogens is 210 g/mol. The molecule has 1 aromatic heterocycles. The van der Waals surface area contributed by atoms with E-state index in [4.69, 9.17) is 15.2 Å². The summed E-state index contributed by atoms with van der Waals surface area (Å²) in [5.41, 5.74) is 0. The molecule has 1 rings (SSSR count). The molecular formula is C10H23N3O3. The Kier molecular flexibility index (Phi) is 24.0. The van der Waals surface area contributed by atoms with Gasteiger partial charge in [-0.05, 0) is 0 Å². The molecule has 16 heavy (non-hydrogen) atoms. The maximum atomic E-state index is 8.81. The molecule has 0 aliphatic rings. The minimum atomic E-state index is -0.500. The zero-order valence-corrected chi connectivity index (χ0v) is 10.8. The number of nitrogens with zero attached hydrogens (tertiary/aromatic N) is 3. The summed E-state index contributed by atoms with van der Waals surface area (Å²) in [5.74, 6) is 0. The molecule has 0 fully saturated rings. The summed E-state index contributed by atoms with van der Waals surface area (Å²) in [6, 6.07) is 0. The third-order valence-corrected chi connectivity index (χ3v) is 0.917. The SMILES string of the molecule is CC.CC.C[N+](=O)[O-].OCCn1ccnc1. The van der Waals surface area contributed by atoms with Crippen LogP contribution in [0.15, 0.2) is 18.7 Å². The second-order valence-electron chi connectivity index (χ2n) is 1.96. The lowest BCUT2D eigenvalue weighted by atomic mass is 10.7. The molecule has 1 heterocycles. The number of imidazole rings is 1. The predicted molar refractivity (Wildman–Crippen MR) is 64.9 cm³/mol. The highest BCUT2D eigenvalue weighted by Crippen LogP contribution is 1.81. The van der Waals surface area contributed by atoms with Crippen LogP contribution in [0.5, 0.6) is 0 Å². The van der Waals surface area contributed by atoms with Crippen LogP contribution >= 0.6 is 0 Å². The van der Waals surface area contributed by atoms with Crippen LogP contribution in [0.3, 0.4) is 0 Å². The molecule has 0 atom stereocenters. The van der Waals surface area contributed by atoms with E-state index in [-0.39, 0.29) is 6.61 Å². The van der Waals surface area contributed by atoms with Gasteiger partial charge in [-0.2, -0.15) is 0 Å². The van der Waals surface area contributed by atoms with Gasteiger partial charge in [0.2, 0.25) is 0 Å². The fraction of sp³-hybridized carbons (Fsp3) is 0.700. The van der Waals surface area contributed by atoms with Crippen LogP contribution in [0, 0.1) is 10.1 Å². The van der Waals surface area contributed by atoms with Crippen molar-refractivity contribution >= 4 is 0 Å². The lowest BCUT2D eigenvalue weighted by Gasteiger charge is -1.92. The first kappa shape index (κ1) is 20.0. The Morgan fingerprint density at radius 1 is 1.38 bits per heavy atom. The summed E-state index contributed by atoms with van der Waals surface area (Å²) < 4.78 is 1.82. The van der Waals surface area contributed by atoms with Crippen molar-refractivity contribution in [1.29, 1.82) is 0 Å². The zero-order valence-electron chi connectivity index (χ0n) is 10.8. The molecule has 0 bridgehead atoms. The highest BCUT2D eigenvalue weighted by Gasteiger charge is 1.82. The van der Waals surface area contributed by atoms with E-state index in [9.17, 15) is 0 Å². The number of aliphatic hydroxyl groups excluding tert-OH is 1. The molecule has 1 aromatic rings. The predicted octanol–water partition coefficient (Wildman–Crippen LogP) is 1.82. The van der Waals surface area contributed by atoms with E-state index in [0.717, 1.165) is 7.05 Å². The molecule has 0 unspecified atom stereocenters. The molecule has 0 aliphatic carbocycles. The van der Waals surface area contributed by atoms with E-state index < -0.39 is 4.92 Å². The topological polar surface area (TPSA) is 81.2 Å². The van der Waals surface area contributed by atoms with Gasteiger partial charge in [0, 0.05) is 23.9 Å². The first-order valence-electron chi connectivity index (χ1n) is 5.31. The zero-order chi connectivity index (χ0) is 13.4. The van der Waals surface area contributed by atoms with Crippen molar-refractivity contribution in [3.63, 3.8) is 0 Å². The van der Waals surface area contributed by atoms with Gasteiger partial charge in [-0.3, -0.25) is 10.1 Å². The minimum absolute atomic E-state index is 0.177. The lowest BCUT2D eigenvalue weighted by Crippen LogP contribution is -1.97. The summed E-state index contributed by atoms with van der Waals surface area (Å²) in [6.07, 6.45) is 5.18. The largest absolute Gasteiger partial charge is 0.395 e.